The zero-order valence-corrected chi connectivity index (χ0v) is 22.6. The summed E-state index contributed by atoms with van der Waals surface area (Å²) < 4.78 is 5.85. The molecule has 6 N–H and O–H groups in total. The smallest absolute Gasteiger partial charge is 0.271 e. The van der Waals surface area contributed by atoms with Gasteiger partial charge in [-0.2, -0.15) is 4.99 Å². The van der Waals surface area contributed by atoms with Gasteiger partial charge in [0.25, 0.3) is 6.35 Å². The second-order valence-electron chi connectivity index (χ2n) is 6.86. The van der Waals surface area contributed by atoms with Crippen LogP contribution in [0, 0.1) is 11.8 Å². The summed E-state index contributed by atoms with van der Waals surface area (Å²) in [5, 5.41) is 6.51. The van der Waals surface area contributed by atoms with Crippen molar-refractivity contribution in [2.75, 3.05) is 26.7 Å². The highest BCUT2D eigenvalue weighted by Crippen LogP contribution is 2.18. The van der Waals surface area contributed by atoms with E-state index < -0.39 is 6.35 Å². The number of ether oxygens (including phenoxy) is 1. The van der Waals surface area contributed by atoms with Crippen LogP contribution in [0.2, 0.25) is 5.02 Å². The number of hydrogen-bond acceptors (Lipinski definition) is 6. The monoisotopic (exact) mass is 524 g/mol. The quantitative estimate of drug-likeness (QED) is 0.0801. The molecule has 3 rings (SSSR count). The summed E-state index contributed by atoms with van der Waals surface area (Å²) in [4.78, 5) is 12.4. The average Bonchev–Trinajstić information content (AvgIpc) is 3.21. The van der Waals surface area contributed by atoms with Gasteiger partial charge in [0.15, 0.2) is 5.84 Å². The second kappa shape index (κ2) is 20.4. The molecular formula is C27H37ClN8O. The highest BCUT2D eigenvalue weighted by molar-refractivity contribution is 6.30. The first-order valence-corrected chi connectivity index (χ1v) is 12.5. The Morgan fingerprint density at radius 1 is 1.27 bits per heavy atom. The lowest BCUT2D eigenvalue weighted by Gasteiger charge is -2.21. The number of benzene rings is 1. The maximum Gasteiger partial charge on any atom is 0.271 e. The molecule has 1 aliphatic carbocycles. The molecule has 0 aromatic heterocycles. The number of nitrogens with one attached hydrogen (secondary N) is 4. The van der Waals surface area contributed by atoms with Gasteiger partial charge in [0.05, 0.1) is 19.2 Å². The molecule has 10 heteroatoms. The van der Waals surface area contributed by atoms with Gasteiger partial charge < -0.3 is 21.1 Å². The van der Waals surface area contributed by atoms with Crippen molar-refractivity contribution in [3.63, 3.8) is 0 Å². The molecule has 0 saturated carbocycles. The Hall–Kier alpha value is -3.80. The summed E-state index contributed by atoms with van der Waals surface area (Å²) in [5.74, 6) is 7.20. The summed E-state index contributed by atoms with van der Waals surface area (Å²) in [7, 11) is 1.88. The molecule has 1 aromatic rings. The minimum absolute atomic E-state index is 0.151. The zero-order chi connectivity index (χ0) is 27.1. The standard InChI is InChI=1S/C21H20ClN5O.C4H11N3.C2H6/c1-2-23-15-24-21(28-18-11-7-10-17(22)14-18)25-20-13-12-19(26-27-20)16-8-5-3-4-6-9-16;1-6-2-3-7-4-5;1-2/h3,5-11,14-15,19,21,26H,2H2,1H3,(H,23,24)(H,25,27);4,6H,2-3H2,1H3,(H2,5,7);1-2H3. The van der Waals surface area contributed by atoms with Crippen LogP contribution in [0.25, 0.3) is 0 Å². The fourth-order valence-electron chi connectivity index (χ4n) is 2.59. The molecule has 9 nitrogen and oxygen atoms in total. The van der Waals surface area contributed by atoms with Crippen LogP contribution in [0.4, 0.5) is 0 Å². The third-order valence-electron chi connectivity index (χ3n) is 4.23. The first-order chi connectivity index (χ1) is 18.2. The number of rotatable bonds is 10. The molecule has 1 aliphatic heterocycles. The third-order valence-corrected chi connectivity index (χ3v) is 4.47. The maximum absolute atomic E-state index is 6.02. The first kappa shape index (κ1) is 31.2. The van der Waals surface area contributed by atoms with Crippen LogP contribution in [0.3, 0.4) is 0 Å². The number of halogens is 1. The van der Waals surface area contributed by atoms with Crippen molar-refractivity contribution in [2.24, 2.45) is 20.7 Å². The molecule has 2 aliphatic rings. The Balaban J connectivity index is 0.000000659. The van der Waals surface area contributed by atoms with Crippen LogP contribution < -0.4 is 32.0 Å². The van der Waals surface area contributed by atoms with Crippen LogP contribution >= 0.6 is 11.6 Å². The molecule has 2 atom stereocenters. The zero-order valence-electron chi connectivity index (χ0n) is 21.8. The Bertz CT molecular complexity index is 1080. The van der Waals surface area contributed by atoms with Crippen LogP contribution in [0.5, 0.6) is 5.75 Å². The summed E-state index contributed by atoms with van der Waals surface area (Å²) in [6.45, 7) is 8.26. The maximum atomic E-state index is 6.02. The molecule has 1 aromatic carbocycles. The molecule has 0 amide bonds. The van der Waals surface area contributed by atoms with Crippen molar-refractivity contribution in [3.05, 3.63) is 71.0 Å². The van der Waals surface area contributed by atoms with Gasteiger partial charge in [-0.3, -0.25) is 15.4 Å². The van der Waals surface area contributed by atoms with E-state index in [9.17, 15) is 0 Å². The molecule has 1 heterocycles. The van der Waals surface area contributed by atoms with E-state index in [4.69, 9.17) is 22.1 Å². The summed E-state index contributed by atoms with van der Waals surface area (Å²) in [5.41, 5.74) is 15.2. The van der Waals surface area contributed by atoms with Crippen molar-refractivity contribution in [1.82, 2.24) is 21.5 Å². The molecule has 37 heavy (non-hydrogen) atoms. The number of hydrogen-bond donors (Lipinski definition) is 5. The van der Waals surface area contributed by atoms with E-state index in [0.29, 0.717) is 23.2 Å². The number of allylic oxidation sites excluding steroid dienone is 3. The third kappa shape index (κ3) is 13.8. The van der Waals surface area contributed by atoms with E-state index in [1.54, 1.807) is 24.5 Å². The van der Waals surface area contributed by atoms with E-state index in [-0.39, 0.29) is 6.04 Å². The lowest BCUT2D eigenvalue weighted by molar-refractivity contribution is 0.198. The number of likely N-dealkylation sites (N-methyl/N-ethyl adjacent to an activating group) is 1. The van der Waals surface area contributed by atoms with Crippen molar-refractivity contribution >= 4 is 30.1 Å². The average molecular weight is 525 g/mol. The lowest BCUT2D eigenvalue weighted by atomic mass is 10.1. The highest BCUT2D eigenvalue weighted by atomic mass is 35.5. The highest BCUT2D eigenvalue weighted by Gasteiger charge is 2.15. The van der Waals surface area contributed by atoms with Crippen molar-refractivity contribution in [3.8, 4) is 17.6 Å². The predicted molar refractivity (Wildman–Crippen MR) is 156 cm³/mol. The largest absolute Gasteiger partial charge is 0.450 e. The number of nitrogens with two attached hydrogens (primary N) is 1. The van der Waals surface area contributed by atoms with Crippen LogP contribution in [0.1, 0.15) is 20.8 Å². The van der Waals surface area contributed by atoms with Crippen molar-refractivity contribution in [1.29, 1.82) is 0 Å². The number of aliphatic imine (C=N–C) groups is 3. The summed E-state index contributed by atoms with van der Waals surface area (Å²) in [6.07, 6.45) is 11.7. The molecule has 0 radical (unpaired) electrons. The predicted octanol–water partition coefficient (Wildman–Crippen LogP) is 2.95. The van der Waals surface area contributed by atoms with E-state index >= 15 is 0 Å². The van der Waals surface area contributed by atoms with Gasteiger partial charge in [-0.15, -0.1) is 5.73 Å². The normalized spacial score (nSPS) is 17.4. The lowest BCUT2D eigenvalue weighted by Crippen LogP contribution is -2.48. The molecule has 2 unspecified atom stereocenters. The minimum atomic E-state index is -0.715. The SMILES string of the molecule is CC.CCN=CNC(/N=C1\C#CC(C2=CC=C=CC=C2)NN1)Oc1cccc(Cl)c1.CNCCN=CN. The van der Waals surface area contributed by atoms with E-state index in [1.165, 1.54) is 6.34 Å². The molecule has 0 bridgehead atoms. The Labute approximate surface area is 225 Å². The summed E-state index contributed by atoms with van der Waals surface area (Å²) in [6, 6.07) is 6.96. The minimum Gasteiger partial charge on any atom is -0.450 e. The van der Waals surface area contributed by atoms with Gasteiger partial charge in [-0.1, -0.05) is 49.6 Å². The molecule has 0 spiro atoms. The number of hydrazine groups is 1. The molecule has 0 fully saturated rings. The Kier molecular flexibility index (Phi) is 17.2. The van der Waals surface area contributed by atoms with E-state index in [1.807, 2.05) is 64.3 Å². The molecular weight excluding hydrogens is 488 g/mol. The fourth-order valence-corrected chi connectivity index (χ4v) is 2.77. The van der Waals surface area contributed by atoms with E-state index in [0.717, 1.165) is 18.7 Å². The van der Waals surface area contributed by atoms with Crippen LogP contribution in [0.15, 0.2) is 80.9 Å². The van der Waals surface area contributed by atoms with Gasteiger partial charge >= 0.3 is 0 Å². The van der Waals surface area contributed by atoms with Gasteiger partial charge in [0.2, 0.25) is 0 Å². The van der Waals surface area contributed by atoms with Gasteiger partial charge in [0.1, 0.15) is 11.8 Å². The molecule has 198 valence electrons. The number of amidine groups is 1. The van der Waals surface area contributed by atoms with Crippen molar-refractivity contribution in [2.45, 2.75) is 33.2 Å². The van der Waals surface area contributed by atoms with Crippen LogP contribution in [-0.2, 0) is 0 Å². The van der Waals surface area contributed by atoms with Crippen LogP contribution in [-0.4, -0.2) is 57.6 Å². The van der Waals surface area contributed by atoms with E-state index in [2.05, 4.69) is 54.0 Å². The topological polar surface area (TPSA) is 120 Å². The Morgan fingerprint density at radius 3 is 2.78 bits per heavy atom. The van der Waals surface area contributed by atoms with Crippen molar-refractivity contribution < 1.29 is 4.74 Å². The first-order valence-electron chi connectivity index (χ1n) is 12.1. The summed E-state index contributed by atoms with van der Waals surface area (Å²) >= 11 is 6.02. The number of nitrogens with zero attached hydrogens (tertiary/aromatic N) is 3. The second-order valence-corrected chi connectivity index (χ2v) is 7.29. The fraction of sp³-hybridized carbons (Fsp3) is 0.333. The van der Waals surface area contributed by atoms with Gasteiger partial charge in [-0.25, -0.2) is 5.43 Å². The Morgan fingerprint density at radius 2 is 2.11 bits per heavy atom. The van der Waals surface area contributed by atoms with Gasteiger partial charge in [0, 0.05) is 18.1 Å². The molecule has 0 saturated heterocycles. The van der Waals surface area contributed by atoms with Gasteiger partial charge in [-0.05, 0) is 61.9 Å².